The van der Waals surface area contributed by atoms with E-state index in [2.05, 4.69) is 23.6 Å². The third-order valence-electron chi connectivity index (χ3n) is 3.55. The summed E-state index contributed by atoms with van der Waals surface area (Å²) in [6.07, 6.45) is 0. The van der Waals surface area contributed by atoms with E-state index in [1.165, 1.54) is 0 Å². The Morgan fingerprint density at radius 2 is 2.12 bits per heavy atom. The summed E-state index contributed by atoms with van der Waals surface area (Å²) in [6.45, 7) is 10.5. The summed E-state index contributed by atoms with van der Waals surface area (Å²) >= 11 is 0. The summed E-state index contributed by atoms with van der Waals surface area (Å²) < 4.78 is 5.64. The molecule has 17 heavy (non-hydrogen) atoms. The van der Waals surface area contributed by atoms with Gasteiger partial charge >= 0.3 is 0 Å². The molecule has 0 amide bonds. The molecule has 1 aromatic heterocycles. The SMILES string of the molecule is CCN1CCN(Cc2ccc(CN)o2)CC1C. The van der Waals surface area contributed by atoms with Crippen molar-refractivity contribution >= 4 is 0 Å². The van der Waals surface area contributed by atoms with Gasteiger partial charge in [-0.2, -0.15) is 0 Å². The average molecular weight is 237 g/mol. The molecule has 4 heteroatoms. The molecule has 2 rings (SSSR count). The largest absolute Gasteiger partial charge is 0.463 e. The van der Waals surface area contributed by atoms with Crippen molar-refractivity contribution in [2.24, 2.45) is 5.73 Å². The Labute approximate surface area is 103 Å². The standard InChI is InChI=1S/C13H23N3O/c1-3-16-7-6-15(9-11(16)2)10-13-5-4-12(8-14)17-13/h4-5,11H,3,6-10,14H2,1-2H3. The maximum Gasteiger partial charge on any atom is 0.118 e. The third-order valence-corrected chi connectivity index (χ3v) is 3.55. The Morgan fingerprint density at radius 3 is 2.71 bits per heavy atom. The number of rotatable bonds is 4. The maximum absolute atomic E-state index is 5.64. The molecule has 1 aliphatic rings. The highest BCUT2D eigenvalue weighted by molar-refractivity contribution is 5.07. The first-order valence-corrected chi connectivity index (χ1v) is 6.47. The molecule has 2 heterocycles. The van der Waals surface area contributed by atoms with Crippen molar-refractivity contribution in [2.45, 2.75) is 33.0 Å². The Kier molecular flexibility index (Phi) is 4.20. The molecule has 1 fully saturated rings. The van der Waals surface area contributed by atoms with Gasteiger partial charge in [0.15, 0.2) is 0 Å². The highest BCUT2D eigenvalue weighted by Gasteiger charge is 2.22. The summed E-state index contributed by atoms with van der Waals surface area (Å²) in [5.41, 5.74) is 5.54. The lowest BCUT2D eigenvalue weighted by molar-refractivity contribution is 0.0787. The van der Waals surface area contributed by atoms with Gasteiger partial charge in [-0.3, -0.25) is 9.80 Å². The second-order valence-corrected chi connectivity index (χ2v) is 4.78. The molecular formula is C13H23N3O. The topological polar surface area (TPSA) is 45.6 Å². The van der Waals surface area contributed by atoms with Gasteiger partial charge in [-0.15, -0.1) is 0 Å². The second kappa shape index (κ2) is 5.67. The molecule has 0 aliphatic carbocycles. The Hall–Kier alpha value is -0.840. The minimum atomic E-state index is 0.486. The van der Waals surface area contributed by atoms with Crippen LogP contribution in [0.1, 0.15) is 25.4 Å². The first kappa shape index (κ1) is 12.6. The minimum Gasteiger partial charge on any atom is -0.463 e. The van der Waals surface area contributed by atoms with E-state index in [1.807, 2.05) is 12.1 Å². The van der Waals surface area contributed by atoms with E-state index in [0.29, 0.717) is 12.6 Å². The smallest absolute Gasteiger partial charge is 0.118 e. The van der Waals surface area contributed by atoms with E-state index in [4.69, 9.17) is 10.2 Å². The fourth-order valence-corrected chi connectivity index (χ4v) is 2.52. The van der Waals surface area contributed by atoms with Crippen molar-refractivity contribution in [3.8, 4) is 0 Å². The molecule has 1 atom stereocenters. The molecular weight excluding hydrogens is 214 g/mol. The van der Waals surface area contributed by atoms with Crippen LogP contribution in [0, 0.1) is 0 Å². The van der Waals surface area contributed by atoms with Gasteiger partial charge in [0, 0.05) is 25.7 Å². The van der Waals surface area contributed by atoms with Crippen LogP contribution in [0.15, 0.2) is 16.5 Å². The fraction of sp³-hybridized carbons (Fsp3) is 0.692. The molecule has 4 nitrogen and oxygen atoms in total. The maximum atomic E-state index is 5.64. The average Bonchev–Trinajstić information content (AvgIpc) is 2.77. The van der Waals surface area contributed by atoms with Crippen LogP contribution in [0.25, 0.3) is 0 Å². The Morgan fingerprint density at radius 1 is 1.35 bits per heavy atom. The van der Waals surface area contributed by atoms with E-state index in [1.54, 1.807) is 0 Å². The number of hydrogen-bond donors (Lipinski definition) is 1. The minimum absolute atomic E-state index is 0.486. The van der Waals surface area contributed by atoms with Crippen LogP contribution < -0.4 is 5.73 Å². The van der Waals surface area contributed by atoms with E-state index >= 15 is 0 Å². The van der Waals surface area contributed by atoms with Gasteiger partial charge in [-0.05, 0) is 25.6 Å². The van der Waals surface area contributed by atoms with Crippen molar-refractivity contribution in [3.05, 3.63) is 23.7 Å². The summed E-state index contributed by atoms with van der Waals surface area (Å²) in [5, 5.41) is 0. The van der Waals surface area contributed by atoms with Gasteiger partial charge in [-0.1, -0.05) is 6.92 Å². The number of nitrogens with two attached hydrogens (primary N) is 1. The molecule has 0 bridgehead atoms. The predicted molar refractivity (Wildman–Crippen MR) is 68.6 cm³/mol. The third kappa shape index (κ3) is 3.09. The number of hydrogen-bond acceptors (Lipinski definition) is 4. The molecule has 1 aromatic rings. The predicted octanol–water partition coefficient (Wildman–Crippen LogP) is 1.26. The number of nitrogens with zero attached hydrogens (tertiary/aromatic N) is 2. The lowest BCUT2D eigenvalue weighted by atomic mass is 10.2. The normalized spacial score (nSPS) is 23.1. The van der Waals surface area contributed by atoms with Crippen molar-refractivity contribution in [1.82, 2.24) is 9.80 Å². The molecule has 1 unspecified atom stereocenters. The van der Waals surface area contributed by atoms with E-state index in [-0.39, 0.29) is 0 Å². The molecule has 0 aromatic carbocycles. The zero-order valence-corrected chi connectivity index (χ0v) is 10.9. The van der Waals surface area contributed by atoms with Crippen LogP contribution >= 0.6 is 0 Å². The van der Waals surface area contributed by atoms with Gasteiger partial charge in [-0.25, -0.2) is 0 Å². The zero-order chi connectivity index (χ0) is 12.3. The first-order chi connectivity index (χ1) is 8.22. The lowest BCUT2D eigenvalue weighted by Gasteiger charge is -2.38. The van der Waals surface area contributed by atoms with Gasteiger partial charge < -0.3 is 10.2 Å². The van der Waals surface area contributed by atoms with Crippen molar-refractivity contribution in [3.63, 3.8) is 0 Å². The molecule has 96 valence electrons. The highest BCUT2D eigenvalue weighted by atomic mass is 16.3. The monoisotopic (exact) mass is 237 g/mol. The molecule has 0 saturated carbocycles. The molecule has 0 spiro atoms. The van der Waals surface area contributed by atoms with E-state index in [9.17, 15) is 0 Å². The van der Waals surface area contributed by atoms with Crippen LogP contribution in [-0.2, 0) is 13.1 Å². The summed E-state index contributed by atoms with van der Waals surface area (Å²) in [6, 6.07) is 4.65. The summed E-state index contributed by atoms with van der Waals surface area (Å²) in [7, 11) is 0. The van der Waals surface area contributed by atoms with Crippen LogP contribution in [0.2, 0.25) is 0 Å². The molecule has 1 saturated heterocycles. The van der Waals surface area contributed by atoms with Crippen molar-refractivity contribution in [2.75, 3.05) is 26.2 Å². The van der Waals surface area contributed by atoms with Gasteiger partial charge in [0.2, 0.25) is 0 Å². The number of piperazine rings is 1. The van der Waals surface area contributed by atoms with Crippen molar-refractivity contribution < 1.29 is 4.42 Å². The number of likely N-dealkylation sites (N-methyl/N-ethyl adjacent to an activating group) is 1. The summed E-state index contributed by atoms with van der Waals surface area (Å²) in [5.74, 6) is 1.91. The molecule has 0 radical (unpaired) electrons. The summed E-state index contributed by atoms with van der Waals surface area (Å²) in [4.78, 5) is 4.97. The van der Waals surface area contributed by atoms with Gasteiger partial charge in [0.1, 0.15) is 11.5 Å². The van der Waals surface area contributed by atoms with E-state index in [0.717, 1.165) is 44.2 Å². The number of furan rings is 1. The van der Waals surface area contributed by atoms with Gasteiger partial charge in [0.25, 0.3) is 0 Å². The van der Waals surface area contributed by atoms with Crippen LogP contribution in [0.4, 0.5) is 0 Å². The van der Waals surface area contributed by atoms with Crippen LogP contribution in [-0.4, -0.2) is 42.0 Å². The van der Waals surface area contributed by atoms with Crippen LogP contribution in [0.5, 0.6) is 0 Å². The second-order valence-electron chi connectivity index (χ2n) is 4.78. The fourth-order valence-electron chi connectivity index (χ4n) is 2.52. The van der Waals surface area contributed by atoms with Gasteiger partial charge in [0.05, 0.1) is 13.1 Å². The highest BCUT2D eigenvalue weighted by Crippen LogP contribution is 2.14. The molecule has 1 aliphatic heterocycles. The Bertz CT molecular complexity index is 350. The molecule has 2 N–H and O–H groups in total. The van der Waals surface area contributed by atoms with Crippen molar-refractivity contribution in [1.29, 1.82) is 0 Å². The first-order valence-electron chi connectivity index (χ1n) is 6.47. The van der Waals surface area contributed by atoms with E-state index < -0.39 is 0 Å². The van der Waals surface area contributed by atoms with Crippen LogP contribution in [0.3, 0.4) is 0 Å². The quantitative estimate of drug-likeness (QED) is 0.856. The Balaban J connectivity index is 1.88. The zero-order valence-electron chi connectivity index (χ0n) is 10.9. The lowest BCUT2D eigenvalue weighted by Crippen LogP contribution is -2.51.